The number of nitrogens with one attached hydrogen (secondary N) is 2. The Hall–Kier alpha value is -2.47. The molecule has 0 fully saturated rings. The van der Waals surface area contributed by atoms with Gasteiger partial charge in [-0.25, -0.2) is 0 Å². The number of hydrogen-bond donors (Lipinski definition) is 2. The van der Waals surface area contributed by atoms with Crippen molar-refractivity contribution < 1.29 is 0 Å². The summed E-state index contributed by atoms with van der Waals surface area (Å²) >= 11 is 3.50. The van der Waals surface area contributed by atoms with Gasteiger partial charge in [-0.05, 0) is 48.7 Å². The Bertz CT molecular complexity index is 850. The summed E-state index contributed by atoms with van der Waals surface area (Å²) in [6.45, 7) is 4.16. The second-order valence-corrected chi connectivity index (χ2v) is 6.24. The molecule has 2 N–H and O–H groups in total. The fourth-order valence-corrected chi connectivity index (χ4v) is 2.60. The molecule has 0 spiro atoms. The number of halogens is 1. The molecule has 0 bridgehead atoms. The maximum absolute atomic E-state index is 4.48. The Kier molecular flexibility index (Phi) is 5.05. The number of hydrogen-bond acceptors (Lipinski definition) is 5. The molecular formula is C18H18BrN5. The summed E-state index contributed by atoms with van der Waals surface area (Å²) < 4.78 is 1.07. The van der Waals surface area contributed by atoms with Gasteiger partial charge in [0.15, 0.2) is 5.82 Å². The highest BCUT2D eigenvalue weighted by Crippen LogP contribution is 2.23. The van der Waals surface area contributed by atoms with Gasteiger partial charge in [-0.3, -0.25) is 0 Å². The van der Waals surface area contributed by atoms with E-state index in [2.05, 4.69) is 54.7 Å². The van der Waals surface area contributed by atoms with Crippen molar-refractivity contribution in [2.75, 3.05) is 10.6 Å². The highest BCUT2D eigenvalue weighted by atomic mass is 79.9. The van der Waals surface area contributed by atoms with Crippen molar-refractivity contribution >= 4 is 39.1 Å². The van der Waals surface area contributed by atoms with Gasteiger partial charge in [0.25, 0.3) is 0 Å². The monoisotopic (exact) mass is 383 g/mol. The fourth-order valence-electron chi connectivity index (χ4n) is 2.36. The van der Waals surface area contributed by atoms with Gasteiger partial charge in [-0.2, -0.15) is 10.1 Å². The number of nitrogens with zero attached hydrogens (tertiary/aromatic N) is 3. The highest BCUT2D eigenvalue weighted by Gasteiger charge is 2.05. The molecule has 3 rings (SSSR count). The van der Waals surface area contributed by atoms with E-state index in [9.17, 15) is 0 Å². The van der Waals surface area contributed by atoms with Gasteiger partial charge in [0.2, 0.25) is 5.95 Å². The van der Waals surface area contributed by atoms with Crippen LogP contribution in [-0.4, -0.2) is 15.2 Å². The summed E-state index contributed by atoms with van der Waals surface area (Å²) in [6.07, 6.45) is 2.56. The third kappa shape index (κ3) is 3.89. The van der Waals surface area contributed by atoms with E-state index in [4.69, 9.17) is 0 Å². The van der Waals surface area contributed by atoms with Gasteiger partial charge in [0.1, 0.15) is 0 Å². The molecule has 122 valence electrons. The number of aryl methyl sites for hydroxylation is 2. The molecule has 0 aliphatic rings. The summed E-state index contributed by atoms with van der Waals surface area (Å²) in [5.41, 5.74) is 4.32. The molecule has 24 heavy (non-hydrogen) atoms. The highest BCUT2D eigenvalue weighted by molar-refractivity contribution is 9.10. The molecular weight excluding hydrogens is 366 g/mol. The van der Waals surface area contributed by atoms with E-state index in [1.807, 2.05) is 43.3 Å². The molecule has 0 amide bonds. The Labute approximate surface area is 149 Å². The zero-order valence-electron chi connectivity index (χ0n) is 13.5. The fraction of sp³-hybridized carbons (Fsp3) is 0.167. The Morgan fingerprint density at radius 2 is 1.92 bits per heavy atom. The van der Waals surface area contributed by atoms with E-state index < -0.39 is 0 Å². The molecule has 6 heteroatoms. The van der Waals surface area contributed by atoms with Gasteiger partial charge in [0, 0.05) is 15.8 Å². The quantitative estimate of drug-likeness (QED) is 0.649. The van der Waals surface area contributed by atoms with Crippen molar-refractivity contribution in [3.05, 3.63) is 64.3 Å². The van der Waals surface area contributed by atoms with Gasteiger partial charge in [-0.1, -0.05) is 41.1 Å². The molecule has 0 aliphatic heterocycles. The Morgan fingerprint density at radius 1 is 1.08 bits per heavy atom. The largest absolute Gasteiger partial charge is 0.339 e. The van der Waals surface area contributed by atoms with Crippen molar-refractivity contribution in [1.82, 2.24) is 15.2 Å². The molecule has 0 radical (unpaired) electrons. The third-order valence-corrected chi connectivity index (χ3v) is 4.52. The average molecular weight is 384 g/mol. The molecule has 1 aromatic heterocycles. The lowest BCUT2D eigenvalue weighted by molar-refractivity contribution is 0.981. The standard InChI is InChI=1S/C18H18BrN5/c1-3-13-6-4-5-7-16(13)22-17-11-20-24-18(23-17)21-14-8-9-15(19)12(2)10-14/h4-11H,3H2,1-2H3,(H2,21,22,23,24). The van der Waals surface area contributed by atoms with E-state index in [1.165, 1.54) is 5.56 Å². The van der Waals surface area contributed by atoms with E-state index in [1.54, 1.807) is 6.20 Å². The summed E-state index contributed by atoms with van der Waals surface area (Å²) in [4.78, 5) is 4.48. The van der Waals surface area contributed by atoms with Crippen LogP contribution in [0.5, 0.6) is 0 Å². The topological polar surface area (TPSA) is 62.7 Å². The molecule has 0 saturated carbocycles. The first-order valence-corrected chi connectivity index (χ1v) is 8.53. The first-order chi connectivity index (χ1) is 11.7. The summed E-state index contributed by atoms with van der Waals surface area (Å²) in [6, 6.07) is 14.1. The van der Waals surface area contributed by atoms with Crippen molar-refractivity contribution in [3.8, 4) is 0 Å². The van der Waals surface area contributed by atoms with E-state index in [-0.39, 0.29) is 0 Å². The van der Waals surface area contributed by atoms with Gasteiger partial charge in [0.05, 0.1) is 6.20 Å². The van der Waals surface area contributed by atoms with Crippen LogP contribution in [-0.2, 0) is 6.42 Å². The van der Waals surface area contributed by atoms with Crippen LogP contribution in [0.25, 0.3) is 0 Å². The van der Waals surface area contributed by atoms with Crippen LogP contribution < -0.4 is 10.6 Å². The number of para-hydroxylation sites is 1. The molecule has 0 atom stereocenters. The Morgan fingerprint density at radius 3 is 2.71 bits per heavy atom. The third-order valence-electron chi connectivity index (χ3n) is 3.63. The van der Waals surface area contributed by atoms with Crippen molar-refractivity contribution in [2.45, 2.75) is 20.3 Å². The number of anilines is 4. The first kappa shape index (κ1) is 16.4. The van der Waals surface area contributed by atoms with Gasteiger partial charge < -0.3 is 10.6 Å². The van der Waals surface area contributed by atoms with Crippen molar-refractivity contribution in [3.63, 3.8) is 0 Å². The average Bonchev–Trinajstić information content (AvgIpc) is 2.59. The number of aromatic nitrogens is 3. The maximum atomic E-state index is 4.48. The number of rotatable bonds is 5. The van der Waals surface area contributed by atoms with E-state index in [0.717, 1.165) is 27.8 Å². The molecule has 0 aliphatic carbocycles. The molecule has 5 nitrogen and oxygen atoms in total. The van der Waals surface area contributed by atoms with Crippen LogP contribution in [0.3, 0.4) is 0 Å². The van der Waals surface area contributed by atoms with Crippen LogP contribution in [0, 0.1) is 6.92 Å². The molecule has 1 heterocycles. The second-order valence-electron chi connectivity index (χ2n) is 5.39. The smallest absolute Gasteiger partial charge is 0.249 e. The zero-order valence-corrected chi connectivity index (χ0v) is 15.1. The molecule has 0 saturated heterocycles. The summed E-state index contributed by atoms with van der Waals surface area (Å²) in [5, 5.41) is 14.6. The van der Waals surface area contributed by atoms with Crippen LogP contribution in [0.1, 0.15) is 18.1 Å². The van der Waals surface area contributed by atoms with E-state index in [0.29, 0.717) is 11.8 Å². The van der Waals surface area contributed by atoms with Crippen LogP contribution in [0.15, 0.2) is 53.1 Å². The van der Waals surface area contributed by atoms with E-state index >= 15 is 0 Å². The predicted molar refractivity (Wildman–Crippen MR) is 101 cm³/mol. The van der Waals surface area contributed by atoms with Crippen LogP contribution >= 0.6 is 15.9 Å². The van der Waals surface area contributed by atoms with Gasteiger partial charge >= 0.3 is 0 Å². The first-order valence-electron chi connectivity index (χ1n) is 7.73. The summed E-state index contributed by atoms with van der Waals surface area (Å²) in [5.74, 6) is 1.11. The van der Waals surface area contributed by atoms with Gasteiger partial charge in [-0.15, -0.1) is 5.10 Å². The zero-order chi connectivity index (χ0) is 16.9. The lowest BCUT2D eigenvalue weighted by Gasteiger charge is -2.11. The van der Waals surface area contributed by atoms with Crippen LogP contribution in [0.4, 0.5) is 23.1 Å². The normalized spacial score (nSPS) is 10.5. The minimum absolute atomic E-state index is 0.454. The van der Waals surface area contributed by atoms with Crippen molar-refractivity contribution in [1.29, 1.82) is 0 Å². The van der Waals surface area contributed by atoms with Crippen LogP contribution in [0.2, 0.25) is 0 Å². The maximum Gasteiger partial charge on any atom is 0.249 e. The predicted octanol–water partition coefficient (Wildman–Crippen LogP) is 4.99. The molecule has 3 aromatic rings. The Balaban J connectivity index is 1.80. The van der Waals surface area contributed by atoms with Crippen molar-refractivity contribution in [2.24, 2.45) is 0 Å². The minimum Gasteiger partial charge on any atom is -0.339 e. The SMILES string of the molecule is CCc1ccccc1Nc1cnnc(Nc2ccc(Br)c(C)c2)n1. The number of benzene rings is 2. The second kappa shape index (κ2) is 7.40. The lowest BCUT2D eigenvalue weighted by atomic mass is 10.1. The lowest BCUT2D eigenvalue weighted by Crippen LogP contribution is -2.03. The molecule has 2 aromatic carbocycles. The molecule has 0 unspecified atom stereocenters. The minimum atomic E-state index is 0.454. The summed E-state index contributed by atoms with van der Waals surface area (Å²) in [7, 11) is 0.